The van der Waals surface area contributed by atoms with Crippen LogP contribution in [0.1, 0.15) is 38.5 Å². The van der Waals surface area contributed by atoms with Gasteiger partial charge in [0.2, 0.25) is 17.7 Å². The molecule has 4 atom stereocenters. The quantitative estimate of drug-likeness (QED) is 0.163. The van der Waals surface area contributed by atoms with E-state index in [1.807, 2.05) is 6.26 Å². The van der Waals surface area contributed by atoms with E-state index in [1.54, 1.807) is 0 Å². The first-order valence-corrected chi connectivity index (χ1v) is 11.9. The van der Waals surface area contributed by atoms with Crippen LogP contribution >= 0.6 is 11.8 Å². The molecule has 1 fully saturated rings. The minimum atomic E-state index is -1.14. The Morgan fingerprint density at radius 2 is 1.87 bits per heavy atom. The van der Waals surface area contributed by atoms with Gasteiger partial charge in [0.05, 0.1) is 6.61 Å². The second-order valence-electron chi connectivity index (χ2n) is 7.51. The monoisotopic (exact) mass is 461 g/mol. The van der Waals surface area contributed by atoms with Crippen LogP contribution in [0, 0.1) is 0 Å². The molecule has 8 N–H and O–H groups in total. The Bertz CT molecular complexity index is 623. The number of hydrogen-bond donors (Lipinski definition) is 6. The Balaban J connectivity index is 2.87. The summed E-state index contributed by atoms with van der Waals surface area (Å²) >= 11 is 1.47. The molecule has 12 heteroatoms. The number of carboxylic acids is 1. The van der Waals surface area contributed by atoms with Crippen molar-refractivity contribution in [3.05, 3.63) is 0 Å². The fraction of sp³-hybridized carbons (Fsp3) is 0.789. The lowest BCUT2D eigenvalue weighted by Gasteiger charge is -2.28. The number of unbranched alkanes of at least 4 members (excludes halogenated alkanes) is 1. The molecule has 1 saturated heterocycles. The fourth-order valence-corrected chi connectivity index (χ4v) is 3.86. The van der Waals surface area contributed by atoms with Crippen LogP contribution in [0.25, 0.3) is 0 Å². The summed E-state index contributed by atoms with van der Waals surface area (Å²) in [5.74, 6) is -2.18. The van der Waals surface area contributed by atoms with E-state index in [0.29, 0.717) is 50.9 Å². The average Bonchev–Trinajstić information content (AvgIpc) is 3.24. The molecule has 1 heterocycles. The van der Waals surface area contributed by atoms with Gasteiger partial charge >= 0.3 is 5.97 Å². The van der Waals surface area contributed by atoms with Gasteiger partial charge < -0.3 is 37.2 Å². The normalized spacial score (nSPS) is 18.8. The van der Waals surface area contributed by atoms with Crippen LogP contribution in [0.3, 0.4) is 0 Å². The summed E-state index contributed by atoms with van der Waals surface area (Å²) in [7, 11) is 0. The van der Waals surface area contributed by atoms with Crippen LogP contribution in [0.2, 0.25) is 0 Å². The SMILES string of the molecule is CSCCC(NC(=O)C(CCCCN)NC(=O)C1CCCN1C(=O)C(N)CO)C(=O)O. The maximum Gasteiger partial charge on any atom is 0.326 e. The number of amides is 3. The standard InChI is InChI=1S/C19H35N5O6S/c1-31-10-7-14(19(29)30)23-16(26)13(5-2-3-8-20)22-17(27)15-6-4-9-24(15)18(28)12(21)11-25/h12-15,25H,2-11,20-21H2,1H3,(H,22,27)(H,23,26)(H,29,30). The molecule has 4 unspecified atom stereocenters. The van der Waals surface area contributed by atoms with Gasteiger partial charge in [-0.05, 0) is 57.1 Å². The number of likely N-dealkylation sites (tertiary alicyclic amines) is 1. The number of aliphatic hydroxyl groups is 1. The molecular formula is C19H35N5O6S. The highest BCUT2D eigenvalue weighted by molar-refractivity contribution is 7.98. The maximum atomic E-state index is 12.9. The van der Waals surface area contributed by atoms with Crippen molar-refractivity contribution in [3.8, 4) is 0 Å². The third-order valence-electron chi connectivity index (χ3n) is 5.16. The summed E-state index contributed by atoms with van der Waals surface area (Å²) in [6.07, 6.45) is 4.62. The van der Waals surface area contributed by atoms with Gasteiger partial charge in [0.15, 0.2) is 0 Å². The van der Waals surface area contributed by atoms with Gasteiger partial charge in [-0.25, -0.2) is 4.79 Å². The Hall–Kier alpha value is -1.89. The van der Waals surface area contributed by atoms with Crippen molar-refractivity contribution in [1.29, 1.82) is 0 Å². The number of nitrogens with one attached hydrogen (secondary N) is 2. The molecule has 1 aliphatic heterocycles. The summed E-state index contributed by atoms with van der Waals surface area (Å²) in [5.41, 5.74) is 11.1. The zero-order valence-electron chi connectivity index (χ0n) is 17.9. The van der Waals surface area contributed by atoms with Gasteiger partial charge in [0, 0.05) is 6.54 Å². The second-order valence-corrected chi connectivity index (χ2v) is 8.49. The number of thioether (sulfide) groups is 1. The topological polar surface area (TPSA) is 188 Å². The molecule has 0 aliphatic carbocycles. The Morgan fingerprint density at radius 1 is 1.16 bits per heavy atom. The van der Waals surface area contributed by atoms with E-state index < -0.39 is 54.5 Å². The lowest BCUT2D eigenvalue weighted by molar-refractivity contribution is -0.143. The van der Waals surface area contributed by atoms with Crippen molar-refractivity contribution >= 4 is 35.5 Å². The van der Waals surface area contributed by atoms with Crippen LogP contribution in [0.15, 0.2) is 0 Å². The molecule has 1 rings (SSSR count). The number of nitrogens with two attached hydrogens (primary N) is 2. The van der Waals surface area contributed by atoms with Gasteiger partial charge in [-0.15, -0.1) is 0 Å². The van der Waals surface area contributed by atoms with E-state index in [2.05, 4.69) is 10.6 Å². The maximum absolute atomic E-state index is 12.9. The first kappa shape index (κ1) is 27.1. The average molecular weight is 462 g/mol. The van der Waals surface area contributed by atoms with Crippen molar-refractivity contribution in [2.24, 2.45) is 11.5 Å². The molecule has 1 aliphatic rings. The first-order valence-electron chi connectivity index (χ1n) is 10.5. The van der Waals surface area contributed by atoms with Crippen LogP contribution in [0.4, 0.5) is 0 Å². The van der Waals surface area contributed by atoms with Crippen LogP contribution in [0.5, 0.6) is 0 Å². The summed E-state index contributed by atoms with van der Waals surface area (Å²) in [6, 6.07) is -3.90. The number of rotatable bonds is 14. The van der Waals surface area contributed by atoms with Crippen LogP contribution in [-0.2, 0) is 19.2 Å². The molecule has 0 bridgehead atoms. The predicted molar refractivity (Wildman–Crippen MR) is 117 cm³/mol. The molecule has 0 aromatic carbocycles. The summed E-state index contributed by atoms with van der Waals surface area (Å²) in [6.45, 7) is 0.239. The second kappa shape index (κ2) is 14.2. The third kappa shape index (κ3) is 8.63. The minimum Gasteiger partial charge on any atom is -0.480 e. The van der Waals surface area contributed by atoms with E-state index in [1.165, 1.54) is 16.7 Å². The number of aliphatic carboxylic acids is 1. The minimum absolute atomic E-state index is 0.260. The number of carboxylic acid groups (broad SMARTS) is 1. The highest BCUT2D eigenvalue weighted by Gasteiger charge is 2.37. The number of hydrogen-bond acceptors (Lipinski definition) is 8. The molecule has 31 heavy (non-hydrogen) atoms. The lowest BCUT2D eigenvalue weighted by atomic mass is 10.1. The zero-order chi connectivity index (χ0) is 23.4. The highest BCUT2D eigenvalue weighted by atomic mass is 32.2. The lowest BCUT2D eigenvalue weighted by Crippen LogP contribution is -2.57. The smallest absolute Gasteiger partial charge is 0.326 e. The Kier molecular flexibility index (Phi) is 12.5. The zero-order valence-corrected chi connectivity index (χ0v) is 18.7. The molecule has 0 aromatic heterocycles. The van der Waals surface area contributed by atoms with Gasteiger partial charge in [-0.3, -0.25) is 14.4 Å². The van der Waals surface area contributed by atoms with E-state index >= 15 is 0 Å². The fourth-order valence-electron chi connectivity index (χ4n) is 3.39. The molecule has 0 aromatic rings. The van der Waals surface area contributed by atoms with E-state index in [4.69, 9.17) is 16.6 Å². The molecule has 0 radical (unpaired) electrons. The highest BCUT2D eigenvalue weighted by Crippen LogP contribution is 2.19. The Morgan fingerprint density at radius 3 is 2.45 bits per heavy atom. The third-order valence-corrected chi connectivity index (χ3v) is 5.80. The van der Waals surface area contributed by atoms with Crippen molar-refractivity contribution in [2.45, 2.75) is 62.7 Å². The van der Waals surface area contributed by atoms with Crippen LogP contribution in [-0.4, -0.2) is 94.7 Å². The van der Waals surface area contributed by atoms with Crippen molar-refractivity contribution in [2.75, 3.05) is 31.7 Å². The summed E-state index contributed by atoms with van der Waals surface area (Å²) < 4.78 is 0. The van der Waals surface area contributed by atoms with Gasteiger partial charge in [-0.2, -0.15) is 11.8 Å². The van der Waals surface area contributed by atoms with E-state index in [9.17, 15) is 24.3 Å². The van der Waals surface area contributed by atoms with Crippen molar-refractivity contribution in [3.63, 3.8) is 0 Å². The van der Waals surface area contributed by atoms with Gasteiger partial charge in [0.1, 0.15) is 24.2 Å². The summed E-state index contributed by atoms with van der Waals surface area (Å²) in [5, 5.41) is 23.7. The largest absolute Gasteiger partial charge is 0.480 e. The summed E-state index contributed by atoms with van der Waals surface area (Å²) in [4.78, 5) is 50.8. The molecule has 0 spiro atoms. The van der Waals surface area contributed by atoms with Crippen molar-refractivity contribution < 1.29 is 29.4 Å². The molecule has 11 nitrogen and oxygen atoms in total. The number of nitrogens with zero attached hydrogens (tertiary/aromatic N) is 1. The van der Waals surface area contributed by atoms with E-state index in [0.717, 1.165) is 0 Å². The number of aliphatic hydroxyl groups excluding tert-OH is 1. The predicted octanol–water partition coefficient (Wildman–Crippen LogP) is -1.77. The van der Waals surface area contributed by atoms with Gasteiger partial charge in [-0.1, -0.05) is 0 Å². The molecular weight excluding hydrogens is 426 g/mol. The first-order chi connectivity index (χ1) is 14.8. The van der Waals surface area contributed by atoms with E-state index in [-0.39, 0.29) is 6.42 Å². The number of carbonyl (C=O) groups excluding carboxylic acids is 3. The number of carbonyl (C=O) groups is 4. The molecule has 3 amide bonds. The molecule has 178 valence electrons. The van der Waals surface area contributed by atoms with Crippen LogP contribution < -0.4 is 22.1 Å². The van der Waals surface area contributed by atoms with Crippen molar-refractivity contribution in [1.82, 2.24) is 15.5 Å². The van der Waals surface area contributed by atoms with Gasteiger partial charge in [0.25, 0.3) is 0 Å². The Labute approximate surface area is 186 Å². The molecule has 0 saturated carbocycles.